The van der Waals surface area contributed by atoms with Crippen LogP contribution in [0.25, 0.3) is 0 Å². The molecule has 0 atom stereocenters. The van der Waals surface area contributed by atoms with Gasteiger partial charge in [-0.1, -0.05) is 12.1 Å². The molecule has 107 valence electrons. The SMILES string of the molecule is O=S(=O)(c1ccc(O[B]O)cc1)c1ccc(B(O)O)cc1. The van der Waals surface area contributed by atoms with E-state index in [1.807, 2.05) is 0 Å². The summed E-state index contributed by atoms with van der Waals surface area (Å²) in [6, 6.07) is 10.8. The number of benzene rings is 2. The minimum absolute atomic E-state index is 0.0364. The van der Waals surface area contributed by atoms with Crippen molar-refractivity contribution in [2.75, 3.05) is 0 Å². The molecule has 21 heavy (non-hydrogen) atoms. The summed E-state index contributed by atoms with van der Waals surface area (Å²) >= 11 is 0. The van der Waals surface area contributed by atoms with E-state index in [0.29, 0.717) is 13.4 Å². The van der Waals surface area contributed by atoms with Gasteiger partial charge in [0.05, 0.1) is 9.79 Å². The van der Waals surface area contributed by atoms with Crippen molar-refractivity contribution in [3.8, 4) is 5.75 Å². The van der Waals surface area contributed by atoms with Crippen molar-refractivity contribution < 1.29 is 28.1 Å². The summed E-state index contributed by atoms with van der Waals surface area (Å²) in [6.45, 7) is 0. The van der Waals surface area contributed by atoms with Crippen molar-refractivity contribution in [1.82, 2.24) is 0 Å². The van der Waals surface area contributed by atoms with Gasteiger partial charge in [-0.3, -0.25) is 0 Å². The van der Waals surface area contributed by atoms with Gasteiger partial charge < -0.3 is 19.7 Å². The minimum atomic E-state index is -3.70. The molecule has 6 nitrogen and oxygen atoms in total. The Kier molecular flexibility index (Phi) is 4.69. The van der Waals surface area contributed by atoms with Crippen LogP contribution in [-0.2, 0) is 9.84 Å². The molecule has 0 aliphatic rings. The van der Waals surface area contributed by atoms with Gasteiger partial charge in [0.25, 0.3) is 0 Å². The predicted molar refractivity (Wildman–Crippen MR) is 76.8 cm³/mol. The zero-order valence-corrected chi connectivity index (χ0v) is 11.6. The summed E-state index contributed by atoms with van der Waals surface area (Å²) in [5.74, 6) is 0.301. The second kappa shape index (κ2) is 6.31. The molecule has 0 spiro atoms. The summed E-state index contributed by atoms with van der Waals surface area (Å²) < 4.78 is 29.4. The molecule has 0 aliphatic heterocycles. The fourth-order valence-electron chi connectivity index (χ4n) is 1.71. The highest BCUT2D eigenvalue weighted by molar-refractivity contribution is 7.91. The summed E-state index contributed by atoms with van der Waals surface area (Å²) in [7, 11) is -4.85. The van der Waals surface area contributed by atoms with E-state index in [1.54, 1.807) is 0 Å². The normalized spacial score (nSPS) is 11.0. The second-order valence-electron chi connectivity index (χ2n) is 4.14. The zero-order chi connectivity index (χ0) is 15.5. The molecule has 0 saturated heterocycles. The molecule has 2 rings (SSSR count). The molecule has 0 unspecified atom stereocenters. The average Bonchev–Trinajstić information content (AvgIpc) is 2.48. The number of rotatable bonds is 5. The quantitative estimate of drug-likeness (QED) is 0.619. The monoisotopic (exact) mass is 305 g/mol. The highest BCUT2D eigenvalue weighted by atomic mass is 32.2. The first-order chi connectivity index (χ1) is 9.95. The maximum Gasteiger partial charge on any atom is 0.569 e. The first kappa shape index (κ1) is 15.6. The van der Waals surface area contributed by atoms with Crippen LogP contribution in [0.15, 0.2) is 58.3 Å². The first-order valence-corrected chi connectivity index (χ1v) is 7.37. The molecular formula is C12H11B2O6S. The molecule has 9 heteroatoms. The lowest BCUT2D eigenvalue weighted by atomic mass is 9.81. The maximum absolute atomic E-state index is 12.4. The Morgan fingerprint density at radius 3 is 1.81 bits per heavy atom. The third-order valence-electron chi connectivity index (χ3n) is 2.81. The maximum atomic E-state index is 12.4. The molecule has 1 radical (unpaired) electrons. The van der Waals surface area contributed by atoms with E-state index < -0.39 is 17.0 Å². The molecule has 0 bridgehead atoms. The smallest absolute Gasteiger partial charge is 0.537 e. The third kappa shape index (κ3) is 3.45. The fraction of sp³-hybridized carbons (Fsp3) is 0. The van der Waals surface area contributed by atoms with Gasteiger partial charge in [-0.15, -0.1) is 0 Å². The van der Waals surface area contributed by atoms with Crippen LogP contribution in [0.5, 0.6) is 5.75 Å². The van der Waals surface area contributed by atoms with Crippen molar-refractivity contribution in [1.29, 1.82) is 0 Å². The molecule has 0 aromatic heterocycles. The highest BCUT2D eigenvalue weighted by Crippen LogP contribution is 2.22. The van der Waals surface area contributed by atoms with Crippen molar-refractivity contribution in [2.45, 2.75) is 9.79 Å². The molecule has 0 heterocycles. The molecule has 0 saturated carbocycles. The van der Waals surface area contributed by atoms with Gasteiger partial charge >= 0.3 is 14.8 Å². The van der Waals surface area contributed by atoms with Gasteiger partial charge in [0, 0.05) is 0 Å². The molecule has 2 aromatic carbocycles. The minimum Gasteiger partial charge on any atom is -0.537 e. The summed E-state index contributed by atoms with van der Waals surface area (Å²) in [6.07, 6.45) is 0. The van der Waals surface area contributed by atoms with Crippen LogP contribution in [0.2, 0.25) is 0 Å². The van der Waals surface area contributed by atoms with E-state index in [-0.39, 0.29) is 15.3 Å². The Morgan fingerprint density at radius 2 is 1.38 bits per heavy atom. The Labute approximate surface area is 123 Å². The number of hydrogen-bond acceptors (Lipinski definition) is 6. The van der Waals surface area contributed by atoms with Gasteiger partial charge in [-0.05, 0) is 41.9 Å². The Balaban J connectivity index is 2.32. The van der Waals surface area contributed by atoms with Crippen LogP contribution in [0.3, 0.4) is 0 Å². The van der Waals surface area contributed by atoms with Crippen LogP contribution >= 0.6 is 0 Å². The van der Waals surface area contributed by atoms with Crippen LogP contribution in [0.4, 0.5) is 0 Å². The molecule has 0 aliphatic carbocycles. The summed E-state index contributed by atoms with van der Waals surface area (Å²) in [4.78, 5) is 0.0966. The second-order valence-corrected chi connectivity index (χ2v) is 6.09. The topological polar surface area (TPSA) is 104 Å². The Morgan fingerprint density at radius 1 is 0.905 bits per heavy atom. The van der Waals surface area contributed by atoms with E-state index in [4.69, 9.17) is 19.7 Å². The lowest BCUT2D eigenvalue weighted by Crippen LogP contribution is -2.29. The van der Waals surface area contributed by atoms with Gasteiger partial charge in [-0.2, -0.15) is 0 Å². The lowest BCUT2D eigenvalue weighted by molar-refractivity contribution is 0.425. The van der Waals surface area contributed by atoms with E-state index >= 15 is 0 Å². The van der Waals surface area contributed by atoms with E-state index in [1.165, 1.54) is 48.5 Å². The molecular weight excluding hydrogens is 294 g/mol. The van der Waals surface area contributed by atoms with E-state index in [9.17, 15) is 8.42 Å². The third-order valence-corrected chi connectivity index (χ3v) is 4.60. The lowest BCUT2D eigenvalue weighted by Gasteiger charge is -2.07. The van der Waals surface area contributed by atoms with Gasteiger partial charge in [-0.25, -0.2) is 8.42 Å². The molecule has 0 fully saturated rings. The Hall–Kier alpha value is -1.80. The van der Waals surface area contributed by atoms with Crippen LogP contribution in [0.1, 0.15) is 0 Å². The largest absolute Gasteiger partial charge is 0.569 e. The predicted octanol–water partition coefficient (Wildman–Crippen LogP) is -0.896. The van der Waals surface area contributed by atoms with Crippen LogP contribution < -0.4 is 10.1 Å². The average molecular weight is 305 g/mol. The van der Waals surface area contributed by atoms with Crippen molar-refractivity contribution >= 4 is 30.1 Å². The first-order valence-electron chi connectivity index (χ1n) is 5.89. The van der Waals surface area contributed by atoms with Crippen molar-refractivity contribution in [3.05, 3.63) is 48.5 Å². The molecule has 2 aromatic rings. The number of sulfone groups is 1. The van der Waals surface area contributed by atoms with Crippen LogP contribution in [-0.4, -0.2) is 38.3 Å². The van der Waals surface area contributed by atoms with Gasteiger partial charge in [0.15, 0.2) is 0 Å². The number of hydrogen-bond donors (Lipinski definition) is 3. The Bertz CT molecular complexity index is 698. The molecule has 0 amide bonds. The van der Waals surface area contributed by atoms with E-state index in [0.717, 1.165) is 0 Å². The van der Waals surface area contributed by atoms with Crippen molar-refractivity contribution in [2.24, 2.45) is 0 Å². The summed E-state index contributed by atoms with van der Waals surface area (Å²) in [5.41, 5.74) is 0.205. The fourth-order valence-corrected chi connectivity index (χ4v) is 2.97. The standard InChI is InChI=1S/C12H11B2O6S/c15-13-20-10-3-7-12(8-4-10)21(18,19)11-5-1-9(2-6-11)14(16)17/h1-8,15-17H. The van der Waals surface area contributed by atoms with Gasteiger partial charge in [0.1, 0.15) is 5.75 Å². The highest BCUT2D eigenvalue weighted by Gasteiger charge is 2.19. The summed E-state index contributed by atoms with van der Waals surface area (Å²) in [5, 5.41) is 26.5. The van der Waals surface area contributed by atoms with Gasteiger partial charge in [0.2, 0.25) is 9.84 Å². The molecule has 3 N–H and O–H groups in total. The van der Waals surface area contributed by atoms with Crippen LogP contribution in [0, 0.1) is 0 Å². The van der Waals surface area contributed by atoms with E-state index in [2.05, 4.69) is 0 Å². The zero-order valence-electron chi connectivity index (χ0n) is 10.7. The van der Waals surface area contributed by atoms with Crippen molar-refractivity contribution in [3.63, 3.8) is 0 Å².